The fraction of sp³-hybridized carbons (Fsp3) is 0.250. The molecule has 1 radical (unpaired) electrons. The van der Waals surface area contributed by atoms with Crippen LogP contribution in [0.15, 0.2) is 30.6 Å². The lowest BCUT2D eigenvalue weighted by molar-refractivity contribution is 0.542. The van der Waals surface area contributed by atoms with Gasteiger partial charge in [0, 0.05) is 5.56 Å². The Bertz CT molecular complexity index is 559. The van der Waals surface area contributed by atoms with Crippen LogP contribution in [-0.4, -0.2) is 9.04 Å². The van der Waals surface area contributed by atoms with Crippen molar-refractivity contribution in [3.05, 3.63) is 58.4 Å². The lowest BCUT2D eigenvalue weighted by atomic mass is 9.81. The summed E-state index contributed by atoms with van der Waals surface area (Å²) in [5.74, 6) is 1.03. The van der Waals surface area contributed by atoms with Crippen molar-refractivity contribution in [3.63, 3.8) is 0 Å². The zero-order valence-corrected chi connectivity index (χ0v) is 12.6. The summed E-state index contributed by atoms with van der Waals surface area (Å²) in [6, 6.07) is 2.23. The number of benzene rings is 1. The maximum Gasteiger partial charge on any atom is 0.336 e. The van der Waals surface area contributed by atoms with Crippen LogP contribution in [0.25, 0.3) is 11.3 Å². The van der Waals surface area contributed by atoms with Crippen LogP contribution in [0.1, 0.15) is 34.7 Å². The molecule has 0 heterocycles. The molecule has 1 aliphatic rings. The molecule has 1 aliphatic carbocycles. The van der Waals surface area contributed by atoms with Crippen LogP contribution in [-0.2, 0) is 4.43 Å². The summed E-state index contributed by atoms with van der Waals surface area (Å²) in [5, 5.41) is 0. The van der Waals surface area contributed by atoms with Crippen molar-refractivity contribution in [2.75, 3.05) is 0 Å². The summed E-state index contributed by atoms with van der Waals surface area (Å²) in [7, 11) is -1.12. The molecule has 0 amide bonds. The largest absolute Gasteiger partial charge is 0.533 e. The first-order valence-electron chi connectivity index (χ1n) is 6.13. The highest BCUT2D eigenvalue weighted by Gasteiger charge is 2.28. The van der Waals surface area contributed by atoms with Crippen molar-refractivity contribution in [1.29, 1.82) is 0 Å². The van der Waals surface area contributed by atoms with Crippen LogP contribution >= 0.6 is 0 Å². The van der Waals surface area contributed by atoms with E-state index in [2.05, 4.69) is 46.9 Å². The van der Waals surface area contributed by atoms with Gasteiger partial charge in [0.25, 0.3) is 0 Å². The summed E-state index contributed by atoms with van der Waals surface area (Å²) < 4.78 is 6.02. The smallest absolute Gasteiger partial charge is 0.336 e. The van der Waals surface area contributed by atoms with E-state index in [9.17, 15) is 0 Å². The predicted octanol–water partition coefficient (Wildman–Crippen LogP) is 4.27. The van der Waals surface area contributed by atoms with Gasteiger partial charge in [0.2, 0.25) is 0 Å². The third-order valence-corrected chi connectivity index (χ3v) is 4.99. The molecule has 18 heavy (non-hydrogen) atoms. The molecule has 93 valence electrons. The van der Waals surface area contributed by atoms with Crippen molar-refractivity contribution in [2.24, 2.45) is 0 Å². The van der Waals surface area contributed by atoms with Gasteiger partial charge in [-0.25, -0.2) is 0 Å². The molecule has 0 atom stereocenters. The maximum atomic E-state index is 6.02. The maximum absolute atomic E-state index is 6.02. The lowest BCUT2D eigenvalue weighted by Crippen LogP contribution is -2.18. The third-order valence-electron chi connectivity index (χ3n) is 3.74. The molecule has 0 bridgehead atoms. The third kappa shape index (κ3) is 1.77. The first-order chi connectivity index (χ1) is 8.51. The van der Waals surface area contributed by atoms with Gasteiger partial charge in [-0.15, -0.1) is 13.2 Å². The van der Waals surface area contributed by atoms with E-state index in [0.717, 1.165) is 5.76 Å². The highest BCUT2D eigenvalue weighted by molar-refractivity contribution is 6.64. The molecule has 0 saturated carbocycles. The highest BCUT2D eigenvalue weighted by atomic mass is 28.3. The molecule has 0 aliphatic heterocycles. The Kier molecular flexibility index (Phi) is 3.31. The zero-order valence-electron chi connectivity index (χ0n) is 11.6. The molecule has 0 aromatic heterocycles. The summed E-state index contributed by atoms with van der Waals surface area (Å²) in [4.78, 5) is 0. The quantitative estimate of drug-likeness (QED) is 0.730. The zero-order chi connectivity index (χ0) is 13.4. The Morgan fingerprint density at radius 3 is 2.22 bits per heavy atom. The molecule has 2 rings (SSSR count). The Morgan fingerprint density at radius 1 is 1.06 bits per heavy atom. The number of hydrogen-bond donors (Lipinski definition) is 0. The molecular formula is C16H19OSi. The lowest BCUT2D eigenvalue weighted by Gasteiger charge is -2.30. The number of fused-ring (bicyclic) bond motifs is 1. The Balaban J connectivity index is 2.41. The molecule has 0 saturated heterocycles. The number of aryl methyl sites for hydroxylation is 1. The molecule has 2 heteroatoms. The van der Waals surface area contributed by atoms with Gasteiger partial charge in [-0.05, 0) is 61.6 Å². The Labute approximate surface area is 111 Å². The van der Waals surface area contributed by atoms with Crippen molar-refractivity contribution in [3.8, 4) is 0 Å². The summed E-state index contributed by atoms with van der Waals surface area (Å²) in [5.41, 5.74) is 11.7. The van der Waals surface area contributed by atoms with E-state index >= 15 is 0 Å². The van der Waals surface area contributed by atoms with Crippen molar-refractivity contribution in [2.45, 2.75) is 27.7 Å². The predicted molar refractivity (Wildman–Crippen MR) is 80.4 cm³/mol. The topological polar surface area (TPSA) is 9.23 Å². The van der Waals surface area contributed by atoms with E-state index in [4.69, 9.17) is 4.43 Å². The van der Waals surface area contributed by atoms with Crippen molar-refractivity contribution in [1.82, 2.24) is 0 Å². The molecule has 0 spiro atoms. The van der Waals surface area contributed by atoms with Gasteiger partial charge in [-0.2, -0.15) is 0 Å². The van der Waals surface area contributed by atoms with Crippen LogP contribution in [0.4, 0.5) is 0 Å². The number of hydrogen-bond acceptors (Lipinski definition) is 1. The van der Waals surface area contributed by atoms with Crippen LogP contribution in [0.5, 0.6) is 0 Å². The van der Waals surface area contributed by atoms with E-state index in [1.807, 2.05) is 11.4 Å². The van der Waals surface area contributed by atoms with Crippen LogP contribution in [0.2, 0.25) is 0 Å². The highest BCUT2D eigenvalue weighted by Crippen LogP contribution is 2.44. The second kappa shape index (κ2) is 4.62. The van der Waals surface area contributed by atoms with Crippen LogP contribution in [0, 0.1) is 20.8 Å². The average molecular weight is 255 g/mol. The molecule has 0 N–H and O–H groups in total. The molecule has 1 aromatic carbocycles. The molecule has 1 aromatic rings. The molecule has 0 unspecified atom stereocenters. The van der Waals surface area contributed by atoms with E-state index in [1.165, 1.54) is 33.4 Å². The van der Waals surface area contributed by atoms with Crippen molar-refractivity contribution < 1.29 is 4.43 Å². The van der Waals surface area contributed by atoms with Gasteiger partial charge in [-0.3, -0.25) is 0 Å². The van der Waals surface area contributed by atoms with Gasteiger partial charge >= 0.3 is 9.04 Å². The van der Waals surface area contributed by atoms with Gasteiger partial charge in [0.05, 0.1) is 0 Å². The first kappa shape index (κ1) is 12.9. The van der Waals surface area contributed by atoms with E-state index in [-0.39, 0.29) is 0 Å². The number of allylic oxidation sites excluding steroid dienone is 1. The van der Waals surface area contributed by atoms with E-state index in [0.29, 0.717) is 0 Å². The van der Waals surface area contributed by atoms with Crippen molar-refractivity contribution >= 4 is 20.4 Å². The van der Waals surface area contributed by atoms with Gasteiger partial charge in [0.1, 0.15) is 5.76 Å². The van der Waals surface area contributed by atoms with Gasteiger partial charge < -0.3 is 4.43 Å². The normalized spacial score (nSPS) is 13.2. The minimum Gasteiger partial charge on any atom is -0.533 e. The fourth-order valence-electron chi connectivity index (χ4n) is 2.41. The van der Waals surface area contributed by atoms with Gasteiger partial charge in [-0.1, -0.05) is 11.4 Å². The summed E-state index contributed by atoms with van der Waals surface area (Å²) in [6.07, 6.45) is 0. The minimum atomic E-state index is -1.12. The van der Waals surface area contributed by atoms with Crippen LogP contribution < -0.4 is 0 Å². The minimum absolute atomic E-state index is 1.03. The number of rotatable bonds is 4. The Morgan fingerprint density at radius 2 is 1.67 bits per heavy atom. The van der Waals surface area contributed by atoms with E-state index in [1.54, 1.807) is 0 Å². The molecule has 0 fully saturated rings. The SMILES string of the molecule is C=C[Si](C=C)OC1=C(C)c2c1cc(C)c(C)c2C. The second-order valence-electron chi connectivity index (χ2n) is 4.73. The molecule has 1 nitrogen and oxygen atoms in total. The summed E-state index contributed by atoms with van der Waals surface area (Å²) in [6.45, 7) is 16.3. The van der Waals surface area contributed by atoms with E-state index < -0.39 is 9.04 Å². The monoisotopic (exact) mass is 255 g/mol. The van der Waals surface area contributed by atoms with Crippen LogP contribution in [0.3, 0.4) is 0 Å². The second-order valence-corrected chi connectivity index (χ2v) is 6.56. The molecular weight excluding hydrogens is 236 g/mol. The Hall–Kier alpha value is -1.54. The fourth-order valence-corrected chi connectivity index (χ4v) is 3.25. The standard InChI is InChI=1S/C16H19OSi/c1-7-18(8-2)17-16-13(6)15-12(5)11(4)10(3)9-14(15)16/h7-9H,1-2H2,3-6H3. The summed E-state index contributed by atoms with van der Waals surface area (Å²) >= 11 is 0. The van der Waals surface area contributed by atoms with Gasteiger partial charge in [0.15, 0.2) is 0 Å². The average Bonchev–Trinajstić information content (AvgIpc) is 2.36. The first-order valence-corrected chi connectivity index (χ1v) is 7.69.